The smallest absolute Gasteiger partial charge is 0.410 e. The normalized spacial score (nSPS) is 20.7. The minimum Gasteiger partial charge on any atom is -0.443 e. The monoisotopic (exact) mass is 393 g/mol. The third-order valence-electron chi connectivity index (χ3n) is 5.31. The average Bonchev–Trinajstić information content (AvgIpc) is 2.66. The Kier molecular flexibility index (Phi) is 5.63. The number of amides is 1. The highest BCUT2D eigenvalue weighted by Crippen LogP contribution is 2.35. The van der Waals surface area contributed by atoms with Gasteiger partial charge in [0.15, 0.2) is 0 Å². The lowest BCUT2D eigenvalue weighted by Gasteiger charge is -2.43. The van der Waals surface area contributed by atoms with Crippen LogP contribution in [0.4, 0.5) is 4.79 Å². The van der Waals surface area contributed by atoms with Crippen LogP contribution in [0.15, 0.2) is 42.6 Å². The maximum atomic E-state index is 12.6. The molecule has 1 aliphatic heterocycles. The van der Waals surface area contributed by atoms with Crippen LogP contribution in [0.3, 0.4) is 0 Å². The molecule has 1 aromatic carbocycles. The standard InChI is InChI=1S/C23H27N3O3/c1-16(26-12-11-23(4,29-21(26)27)15-22(2,3)28)18-6-8-19(9-7-18)20-10-5-17(13-24)14-25-20/h5-10,14,16,28H,11-12,15H2,1-4H3/t16-,23-/m0/s1. The second kappa shape index (κ2) is 7.84. The number of aliphatic hydroxyl groups is 1. The molecule has 0 unspecified atom stereocenters. The zero-order valence-corrected chi connectivity index (χ0v) is 17.3. The molecule has 0 spiro atoms. The van der Waals surface area contributed by atoms with E-state index in [-0.39, 0.29) is 12.1 Å². The Bertz CT molecular complexity index is 910. The van der Waals surface area contributed by atoms with Crippen molar-refractivity contribution in [3.8, 4) is 17.3 Å². The minimum atomic E-state index is -0.891. The van der Waals surface area contributed by atoms with Crippen LogP contribution < -0.4 is 0 Å². The fourth-order valence-corrected chi connectivity index (χ4v) is 3.90. The first-order valence-electron chi connectivity index (χ1n) is 9.79. The first kappa shape index (κ1) is 20.8. The molecule has 6 heteroatoms. The number of nitriles is 1. The van der Waals surface area contributed by atoms with Gasteiger partial charge in [-0.25, -0.2) is 4.79 Å². The van der Waals surface area contributed by atoms with E-state index in [1.807, 2.05) is 44.2 Å². The summed E-state index contributed by atoms with van der Waals surface area (Å²) >= 11 is 0. The van der Waals surface area contributed by atoms with Gasteiger partial charge in [0.25, 0.3) is 0 Å². The fraction of sp³-hybridized carbons (Fsp3) is 0.435. The van der Waals surface area contributed by atoms with Gasteiger partial charge in [-0.1, -0.05) is 24.3 Å². The molecule has 1 amide bonds. The van der Waals surface area contributed by atoms with E-state index in [4.69, 9.17) is 10.00 Å². The molecule has 1 aromatic heterocycles. The number of pyridine rings is 1. The third-order valence-corrected chi connectivity index (χ3v) is 5.31. The average molecular weight is 393 g/mol. The second-order valence-electron chi connectivity index (χ2n) is 8.59. The Balaban J connectivity index is 1.70. The molecule has 29 heavy (non-hydrogen) atoms. The number of rotatable bonds is 5. The summed E-state index contributed by atoms with van der Waals surface area (Å²) in [7, 11) is 0. The molecule has 1 aliphatic rings. The van der Waals surface area contributed by atoms with E-state index in [0.29, 0.717) is 24.9 Å². The van der Waals surface area contributed by atoms with Gasteiger partial charge >= 0.3 is 6.09 Å². The van der Waals surface area contributed by atoms with Crippen LogP contribution in [-0.4, -0.2) is 38.8 Å². The number of hydrogen-bond donors (Lipinski definition) is 1. The summed E-state index contributed by atoms with van der Waals surface area (Å²) in [6.07, 6.45) is 2.27. The van der Waals surface area contributed by atoms with Crippen molar-refractivity contribution in [2.45, 2.75) is 57.8 Å². The molecule has 2 heterocycles. The first-order chi connectivity index (χ1) is 13.6. The summed E-state index contributed by atoms with van der Waals surface area (Å²) in [5.74, 6) is 0. The van der Waals surface area contributed by atoms with Gasteiger partial charge in [-0.3, -0.25) is 4.98 Å². The van der Waals surface area contributed by atoms with Crippen molar-refractivity contribution in [1.82, 2.24) is 9.88 Å². The number of hydrogen-bond acceptors (Lipinski definition) is 5. The number of ether oxygens (including phenoxy) is 1. The van der Waals surface area contributed by atoms with Crippen LogP contribution in [0.2, 0.25) is 0 Å². The number of aromatic nitrogens is 1. The highest BCUT2D eigenvalue weighted by Gasteiger charge is 2.41. The summed E-state index contributed by atoms with van der Waals surface area (Å²) in [6.45, 7) is 7.89. The summed E-state index contributed by atoms with van der Waals surface area (Å²) in [5, 5.41) is 19.0. The van der Waals surface area contributed by atoms with Crippen molar-refractivity contribution in [2.24, 2.45) is 0 Å². The lowest BCUT2D eigenvalue weighted by molar-refractivity contribution is -0.0859. The maximum Gasteiger partial charge on any atom is 0.410 e. The van der Waals surface area contributed by atoms with Gasteiger partial charge in [-0.15, -0.1) is 0 Å². The van der Waals surface area contributed by atoms with Crippen molar-refractivity contribution in [3.63, 3.8) is 0 Å². The molecule has 1 fully saturated rings. The van der Waals surface area contributed by atoms with E-state index in [2.05, 4.69) is 11.1 Å². The zero-order chi connectivity index (χ0) is 21.2. The van der Waals surface area contributed by atoms with Gasteiger partial charge in [0.05, 0.1) is 22.9 Å². The highest BCUT2D eigenvalue weighted by atomic mass is 16.6. The lowest BCUT2D eigenvalue weighted by atomic mass is 9.87. The molecule has 0 saturated carbocycles. The van der Waals surface area contributed by atoms with E-state index in [9.17, 15) is 9.90 Å². The van der Waals surface area contributed by atoms with Gasteiger partial charge in [0.2, 0.25) is 0 Å². The molecular formula is C23H27N3O3. The van der Waals surface area contributed by atoms with Gasteiger partial charge in [-0.2, -0.15) is 5.26 Å². The Morgan fingerprint density at radius 3 is 2.52 bits per heavy atom. The quantitative estimate of drug-likeness (QED) is 0.811. The van der Waals surface area contributed by atoms with E-state index in [1.165, 1.54) is 0 Å². The summed E-state index contributed by atoms with van der Waals surface area (Å²) in [6, 6.07) is 13.4. The molecule has 2 aromatic rings. The summed E-state index contributed by atoms with van der Waals surface area (Å²) in [4.78, 5) is 18.7. The van der Waals surface area contributed by atoms with Crippen LogP contribution in [0, 0.1) is 11.3 Å². The molecule has 1 saturated heterocycles. The number of carbonyl (C=O) groups is 1. The molecular weight excluding hydrogens is 366 g/mol. The lowest BCUT2D eigenvalue weighted by Crippen LogP contribution is -2.51. The van der Waals surface area contributed by atoms with E-state index < -0.39 is 11.2 Å². The van der Waals surface area contributed by atoms with Crippen LogP contribution >= 0.6 is 0 Å². The first-order valence-corrected chi connectivity index (χ1v) is 9.79. The maximum absolute atomic E-state index is 12.6. The molecule has 0 radical (unpaired) electrons. The van der Waals surface area contributed by atoms with Crippen LogP contribution in [0.25, 0.3) is 11.3 Å². The van der Waals surface area contributed by atoms with Gasteiger partial charge < -0.3 is 14.7 Å². The molecule has 3 rings (SSSR count). The van der Waals surface area contributed by atoms with Gasteiger partial charge in [0.1, 0.15) is 11.7 Å². The number of benzene rings is 1. The topological polar surface area (TPSA) is 86.5 Å². The largest absolute Gasteiger partial charge is 0.443 e. The SMILES string of the molecule is C[C@@H](c1ccc(-c2ccc(C#N)cn2)cc1)N1CC[C@@](C)(CC(C)(C)O)OC1=O. The van der Waals surface area contributed by atoms with Crippen molar-refractivity contribution in [3.05, 3.63) is 53.7 Å². The third kappa shape index (κ3) is 4.93. The molecule has 0 aliphatic carbocycles. The van der Waals surface area contributed by atoms with Crippen LogP contribution in [0.5, 0.6) is 0 Å². The van der Waals surface area contributed by atoms with Gasteiger partial charge in [-0.05, 0) is 45.4 Å². The Hall–Kier alpha value is -2.91. The Morgan fingerprint density at radius 2 is 2.00 bits per heavy atom. The summed E-state index contributed by atoms with van der Waals surface area (Å²) in [5.41, 5.74) is 1.73. The molecule has 152 valence electrons. The second-order valence-corrected chi connectivity index (χ2v) is 8.59. The van der Waals surface area contributed by atoms with Crippen molar-refractivity contribution in [2.75, 3.05) is 6.54 Å². The van der Waals surface area contributed by atoms with Crippen molar-refractivity contribution >= 4 is 6.09 Å². The van der Waals surface area contributed by atoms with E-state index in [1.54, 1.807) is 31.0 Å². The Morgan fingerprint density at radius 1 is 1.31 bits per heavy atom. The van der Waals surface area contributed by atoms with Crippen LogP contribution in [0.1, 0.15) is 57.7 Å². The van der Waals surface area contributed by atoms with Gasteiger partial charge in [0, 0.05) is 31.1 Å². The van der Waals surface area contributed by atoms with Crippen molar-refractivity contribution in [1.29, 1.82) is 5.26 Å². The van der Waals surface area contributed by atoms with Crippen molar-refractivity contribution < 1.29 is 14.6 Å². The Labute approximate surface area is 171 Å². The predicted octanol–water partition coefficient (Wildman–Crippen LogP) is 4.44. The number of cyclic esters (lactones) is 1. The molecule has 6 nitrogen and oxygen atoms in total. The van der Waals surface area contributed by atoms with E-state index in [0.717, 1.165) is 16.8 Å². The predicted molar refractivity (Wildman–Crippen MR) is 110 cm³/mol. The zero-order valence-electron chi connectivity index (χ0n) is 17.3. The molecule has 0 bridgehead atoms. The molecule has 1 N–H and O–H groups in total. The number of carbonyl (C=O) groups excluding carboxylic acids is 1. The van der Waals surface area contributed by atoms with Crippen LogP contribution in [-0.2, 0) is 4.74 Å². The number of nitrogens with zero attached hydrogens (tertiary/aromatic N) is 3. The highest BCUT2D eigenvalue weighted by molar-refractivity contribution is 5.70. The summed E-state index contributed by atoms with van der Waals surface area (Å²) < 4.78 is 5.71. The molecule has 2 atom stereocenters. The van der Waals surface area contributed by atoms with E-state index >= 15 is 0 Å². The fourth-order valence-electron chi connectivity index (χ4n) is 3.90. The minimum absolute atomic E-state index is 0.128.